The smallest absolute Gasteiger partial charge is 0.326 e. The first-order valence-corrected chi connectivity index (χ1v) is 11.1. The van der Waals surface area contributed by atoms with Crippen molar-refractivity contribution < 1.29 is 34.2 Å². The van der Waals surface area contributed by atoms with Crippen LogP contribution in [-0.4, -0.2) is 87.5 Å². The number of hydrogen-bond donors (Lipinski definition) is 5. The summed E-state index contributed by atoms with van der Waals surface area (Å²) in [6, 6.07) is -4.01. The second-order valence-electron chi connectivity index (χ2n) is 7.15. The van der Waals surface area contributed by atoms with Gasteiger partial charge in [-0.2, -0.15) is 11.8 Å². The van der Waals surface area contributed by atoms with Gasteiger partial charge in [-0.1, -0.05) is 0 Å². The summed E-state index contributed by atoms with van der Waals surface area (Å²) < 4.78 is 0. The van der Waals surface area contributed by atoms with E-state index in [9.17, 15) is 29.1 Å². The first-order chi connectivity index (χ1) is 14.1. The van der Waals surface area contributed by atoms with Gasteiger partial charge in [-0.15, -0.1) is 0 Å². The van der Waals surface area contributed by atoms with Gasteiger partial charge < -0.3 is 31.5 Å². The van der Waals surface area contributed by atoms with Crippen molar-refractivity contribution in [1.29, 1.82) is 0 Å². The zero-order chi connectivity index (χ0) is 22.8. The van der Waals surface area contributed by atoms with Gasteiger partial charge >= 0.3 is 11.9 Å². The van der Waals surface area contributed by atoms with Crippen LogP contribution in [0.2, 0.25) is 0 Å². The second-order valence-corrected chi connectivity index (χ2v) is 8.14. The molecule has 1 heterocycles. The lowest BCUT2D eigenvalue weighted by molar-refractivity contribution is -0.149. The highest BCUT2D eigenvalue weighted by Gasteiger charge is 2.38. The number of carboxylic acid groups (broad SMARTS) is 2. The summed E-state index contributed by atoms with van der Waals surface area (Å²) in [6.07, 6.45) is 2.45. The molecule has 6 N–H and O–H groups in total. The summed E-state index contributed by atoms with van der Waals surface area (Å²) >= 11 is 1.46. The number of nitrogens with zero attached hydrogens (tertiary/aromatic N) is 1. The van der Waals surface area contributed by atoms with Crippen LogP contribution in [0, 0.1) is 0 Å². The molecule has 1 aliphatic rings. The summed E-state index contributed by atoms with van der Waals surface area (Å²) in [5.74, 6) is -3.54. The molecule has 12 heteroatoms. The number of carboxylic acids is 2. The highest BCUT2D eigenvalue weighted by atomic mass is 32.2. The summed E-state index contributed by atoms with van der Waals surface area (Å²) in [4.78, 5) is 61.2. The first kappa shape index (κ1) is 25.7. The van der Waals surface area contributed by atoms with Crippen LogP contribution < -0.4 is 16.4 Å². The number of aliphatic carboxylic acids is 2. The third-order valence-electron chi connectivity index (χ3n) is 4.74. The van der Waals surface area contributed by atoms with Gasteiger partial charge in [-0.3, -0.25) is 19.2 Å². The predicted octanol–water partition coefficient (Wildman–Crippen LogP) is -1.00. The van der Waals surface area contributed by atoms with Gasteiger partial charge in [0.1, 0.15) is 18.1 Å². The lowest BCUT2D eigenvalue weighted by Gasteiger charge is -2.28. The number of hydrogen-bond acceptors (Lipinski definition) is 7. The molecule has 0 bridgehead atoms. The summed E-state index contributed by atoms with van der Waals surface area (Å²) in [6.45, 7) is 1.71. The Morgan fingerprint density at radius 2 is 1.73 bits per heavy atom. The van der Waals surface area contributed by atoms with Crippen molar-refractivity contribution in [2.45, 2.75) is 63.2 Å². The van der Waals surface area contributed by atoms with E-state index in [0.29, 0.717) is 18.6 Å². The maximum atomic E-state index is 13.0. The van der Waals surface area contributed by atoms with E-state index in [-0.39, 0.29) is 25.8 Å². The third kappa shape index (κ3) is 7.82. The number of thioether (sulfide) groups is 1. The van der Waals surface area contributed by atoms with Gasteiger partial charge in [0.25, 0.3) is 0 Å². The fraction of sp³-hybridized carbons (Fsp3) is 0.722. The Bertz CT molecular complexity index is 658. The minimum Gasteiger partial charge on any atom is -0.481 e. The third-order valence-corrected chi connectivity index (χ3v) is 5.38. The highest BCUT2D eigenvalue weighted by molar-refractivity contribution is 7.98. The van der Waals surface area contributed by atoms with Crippen molar-refractivity contribution in [3.8, 4) is 0 Å². The van der Waals surface area contributed by atoms with Crippen molar-refractivity contribution in [2.24, 2.45) is 5.73 Å². The highest BCUT2D eigenvalue weighted by Crippen LogP contribution is 2.20. The molecule has 11 nitrogen and oxygen atoms in total. The predicted molar refractivity (Wildman–Crippen MR) is 110 cm³/mol. The van der Waals surface area contributed by atoms with Crippen molar-refractivity contribution in [2.75, 3.05) is 18.6 Å². The Labute approximate surface area is 179 Å². The number of rotatable bonds is 12. The van der Waals surface area contributed by atoms with Crippen LogP contribution in [0.4, 0.5) is 0 Å². The van der Waals surface area contributed by atoms with E-state index < -0.39 is 53.8 Å². The van der Waals surface area contributed by atoms with E-state index in [2.05, 4.69) is 10.6 Å². The molecule has 170 valence electrons. The van der Waals surface area contributed by atoms with E-state index in [1.165, 1.54) is 23.6 Å². The molecule has 0 aromatic carbocycles. The average Bonchev–Trinajstić information content (AvgIpc) is 3.17. The second kappa shape index (κ2) is 12.4. The van der Waals surface area contributed by atoms with E-state index in [4.69, 9.17) is 10.8 Å². The number of carbonyl (C=O) groups excluding carboxylic acids is 3. The van der Waals surface area contributed by atoms with Crippen LogP contribution in [0.15, 0.2) is 0 Å². The Morgan fingerprint density at radius 3 is 2.27 bits per heavy atom. The van der Waals surface area contributed by atoms with Gasteiger partial charge in [-0.25, -0.2) is 4.79 Å². The van der Waals surface area contributed by atoms with Gasteiger partial charge in [0.05, 0.1) is 6.04 Å². The molecule has 0 radical (unpaired) electrons. The van der Waals surface area contributed by atoms with Crippen molar-refractivity contribution >= 4 is 41.4 Å². The van der Waals surface area contributed by atoms with E-state index in [1.807, 2.05) is 6.26 Å². The summed E-state index contributed by atoms with van der Waals surface area (Å²) in [5, 5.41) is 23.2. The molecule has 1 rings (SSSR count). The maximum absolute atomic E-state index is 13.0. The molecule has 30 heavy (non-hydrogen) atoms. The van der Waals surface area contributed by atoms with Gasteiger partial charge in [0.2, 0.25) is 17.7 Å². The fourth-order valence-electron chi connectivity index (χ4n) is 3.09. The molecular formula is C18H30N4O7S. The standard InChI is InChI=1S/C18H30N4O7S/c1-10(19)15(25)20-11(5-6-14(23)24)16(26)21-12(7-9-30-2)17(27)22-8-3-4-13(22)18(28)29/h10-13H,3-9,19H2,1-2H3,(H,20,25)(H,21,26)(H,23,24)(H,28,29). The van der Waals surface area contributed by atoms with Gasteiger partial charge in [0.15, 0.2) is 0 Å². The van der Waals surface area contributed by atoms with Crippen LogP contribution >= 0.6 is 11.8 Å². The molecule has 1 aliphatic heterocycles. The van der Waals surface area contributed by atoms with Crippen LogP contribution in [0.5, 0.6) is 0 Å². The van der Waals surface area contributed by atoms with E-state index in [1.54, 1.807) is 0 Å². The summed E-state index contributed by atoms with van der Waals surface area (Å²) in [7, 11) is 0. The fourth-order valence-corrected chi connectivity index (χ4v) is 3.56. The Hall–Kier alpha value is -2.34. The molecule has 3 amide bonds. The van der Waals surface area contributed by atoms with Crippen LogP contribution in [0.1, 0.15) is 39.0 Å². The van der Waals surface area contributed by atoms with E-state index >= 15 is 0 Å². The number of nitrogens with two attached hydrogens (primary N) is 1. The van der Waals surface area contributed by atoms with Crippen molar-refractivity contribution in [3.05, 3.63) is 0 Å². The Balaban J connectivity index is 2.96. The number of likely N-dealkylation sites (tertiary alicyclic amines) is 1. The molecular weight excluding hydrogens is 416 g/mol. The van der Waals surface area contributed by atoms with Crippen LogP contribution in [-0.2, 0) is 24.0 Å². The maximum Gasteiger partial charge on any atom is 0.326 e. The largest absolute Gasteiger partial charge is 0.481 e. The first-order valence-electron chi connectivity index (χ1n) is 9.68. The van der Waals surface area contributed by atoms with Crippen molar-refractivity contribution in [3.63, 3.8) is 0 Å². The number of nitrogens with one attached hydrogen (secondary N) is 2. The molecule has 1 fully saturated rings. The lowest BCUT2D eigenvalue weighted by atomic mass is 10.1. The molecule has 0 aromatic heterocycles. The van der Waals surface area contributed by atoms with E-state index in [0.717, 1.165) is 0 Å². The lowest BCUT2D eigenvalue weighted by Crippen LogP contribution is -2.57. The SMILES string of the molecule is CSCCC(NC(=O)C(CCC(=O)O)NC(=O)C(C)N)C(=O)N1CCCC1C(=O)O. The van der Waals surface area contributed by atoms with Gasteiger partial charge in [0, 0.05) is 13.0 Å². The topological polar surface area (TPSA) is 179 Å². The molecule has 4 atom stereocenters. The quantitative estimate of drug-likeness (QED) is 0.251. The van der Waals surface area contributed by atoms with Crippen LogP contribution in [0.25, 0.3) is 0 Å². The Kier molecular flexibility index (Phi) is 10.6. The monoisotopic (exact) mass is 446 g/mol. The minimum atomic E-state index is -1.18. The molecule has 4 unspecified atom stereocenters. The molecule has 0 aliphatic carbocycles. The Morgan fingerprint density at radius 1 is 1.10 bits per heavy atom. The number of carbonyl (C=O) groups is 5. The molecule has 0 saturated carbocycles. The zero-order valence-corrected chi connectivity index (χ0v) is 17.9. The molecule has 0 aromatic rings. The van der Waals surface area contributed by atoms with Crippen LogP contribution in [0.3, 0.4) is 0 Å². The minimum absolute atomic E-state index is 0.176. The normalized spacial score (nSPS) is 18.9. The van der Waals surface area contributed by atoms with Gasteiger partial charge in [-0.05, 0) is 44.6 Å². The molecule has 1 saturated heterocycles. The number of amides is 3. The molecule has 0 spiro atoms. The van der Waals surface area contributed by atoms with Crippen molar-refractivity contribution in [1.82, 2.24) is 15.5 Å². The zero-order valence-electron chi connectivity index (χ0n) is 17.1. The average molecular weight is 447 g/mol. The summed E-state index contributed by atoms with van der Waals surface area (Å²) in [5.41, 5.74) is 5.50.